The lowest BCUT2D eigenvalue weighted by molar-refractivity contribution is -0.111. The zero-order valence-corrected chi connectivity index (χ0v) is 16.0. The van der Waals surface area contributed by atoms with Crippen LogP contribution in [-0.2, 0) is 4.79 Å². The Morgan fingerprint density at radius 1 is 1.17 bits per heavy atom. The number of hydrogen-bond acceptors (Lipinski definition) is 5. The van der Waals surface area contributed by atoms with Crippen LogP contribution in [0.2, 0.25) is 0 Å². The van der Waals surface area contributed by atoms with Gasteiger partial charge in [0.25, 0.3) is 5.91 Å². The fourth-order valence-corrected chi connectivity index (χ4v) is 2.57. The van der Waals surface area contributed by atoms with Gasteiger partial charge in [0, 0.05) is 23.4 Å². The van der Waals surface area contributed by atoms with E-state index in [-0.39, 0.29) is 18.4 Å². The van der Waals surface area contributed by atoms with Gasteiger partial charge in [-0.1, -0.05) is 6.07 Å². The number of benzene rings is 2. The Morgan fingerprint density at radius 2 is 1.93 bits per heavy atom. The Bertz CT molecular complexity index is 957. The molecular formula is C22H21N3O4. The van der Waals surface area contributed by atoms with Gasteiger partial charge in [-0.3, -0.25) is 9.59 Å². The molecule has 2 amide bonds. The number of methoxy groups -OCH3 is 1. The molecule has 148 valence electrons. The molecule has 0 bridgehead atoms. The Labute approximate surface area is 168 Å². The van der Waals surface area contributed by atoms with Crippen LogP contribution in [0.25, 0.3) is 6.08 Å². The fraction of sp³-hybridized carbons (Fsp3) is 0.227. The first-order chi connectivity index (χ1) is 14.1. The van der Waals surface area contributed by atoms with Gasteiger partial charge in [0.2, 0.25) is 5.91 Å². The van der Waals surface area contributed by atoms with Crippen molar-refractivity contribution >= 4 is 23.6 Å². The predicted molar refractivity (Wildman–Crippen MR) is 109 cm³/mol. The molecule has 1 fully saturated rings. The van der Waals surface area contributed by atoms with Gasteiger partial charge < -0.3 is 20.1 Å². The maximum absolute atomic E-state index is 12.2. The van der Waals surface area contributed by atoms with Crippen molar-refractivity contribution in [2.24, 2.45) is 0 Å². The second kappa shape index (κ2) is 9.42. The summed E-state index contributed by atoms with van der Waals surface area (Å²) in [5, 5.41) is 14.3. The van der Waals surface area contributed by atoms with Gasteiger partial charge >= 0.3 is 0 Å². The van der Waals surface area contributed by atoms with E-state index in [1.54, 1.807) is 48.5 Å². The molecule has 2 aromatic carbocycles. The third-order valence-electron chi connectivity index (χ3n) is 4.23. The molecule has 0 radical (unpaired) electrons. The van der Waals surface area contributed by atoms with Crippen LogP contribution in [0.1, 0.15) is 28.8 Å². The maximum Gasteiger partial charge on any atom is 0.251 e. The summed E-state index contributed by atoms with van der Waals surface area (Å²) >= 11 is 0. The third-order valence-corrected chi connectivity index (χ3v) is 4.23. The van der Waals surface area contributed by atoms with E-state index in [1.165, 1.54) is 13.2 Å². The van der Waals surface area contributed by atoms with Crippen molar-refractivity contribution in [1.29, 1.82) is 5.26 Å². The third kappa shape index (κ3) is 5.84. The Morgan fingerprint density at radius 3 is 2.59 bits per heavy atom. The molecule has 1 saturated carbocycles. The Kier molecular flexibility index (Phi) is 6.48. The number of nitriles is 1. The minimum absolute atomic E-state index is 0.0744. The molecule has 0 spiro atoms. The molecule has 3 rings (SSSR count). The number of hydrogen-bond donors (Lipinski definition) is 2. The van der Waals surface area contributed by atoms with Gasteiger partial charge in [0.1, 0.15) is 6.07 Å². The van der Waals surface area contributed by atoms with Gasteiger partial charge in [-0.15, -0.1) is 0 Å². The molecule has 0 aliphatic heterocycles. The average molecular weight is 391 g/mol. The highest BCUT2D eigenvalue weighted by Crippen LogP contribution is 2.28. The normalized spacial score (nSPS) is 12.8. The summed E-state index contributed by atoms with van der Waals surface area (Å²) in [4.78, 5) is 24.1. The summed E-state index contributed by atoms with van der Waals surface area (Å²) in [5.41, 5.74) is 1.91. The molecular weight excluding hydrogens is 370 g/mol. The van der Waals surface area contributed by atoms with Gasteiger partial charge in [0.05, 0.1) is 7.11 Å². The largest absolute Gasteiger partial charge is 0.493 e. The summed E-state index contributed by atoms with van der Waals surface area (Å²) in [6.07, 6.45) is 5.11. The van der Waals surface area contributed by atoms with E-state index in [4.69, 9.17) is 14.7 Å². The van der Waals surface area contributed by atoms with Crippen molar-refractivity contribution in [2.45, 2.75) is 18.9 Å². The standard InChI is InChI=1S/C22H21N3O4/c1-28-20-14-15(2-10-19(20)29-13-12-23)3-11-21(26)24-17-6-4-16(5-7-17)22(27)25-18-8-9-18/h2-7,10-11,14,18H,8-9,13H2,1H3,(H,24,26)(H,25,27)/b11-3+. The van der Waals surface area contributed by atoms with Crippen LogP contribution >= 0.6 is 0 Å². The second-order valence-electron chi connectivity index (χ2n) is 6.50. The van der Waals surface area contributed by atoms with E-state index in [1.807, 2.05) is 6.07 Å². The van der Waals surface area contributed by atoms with Crippen LogP contribution in [0, 0.1) is 11.3 Å². The first-order valence-corrected chi connectivity index (χ1v) is 9.17. The SMILES string of the molecule is COc1cc(/C=C/C(=O)Nc2ccc(C(=O)NC3CC3)cc2)ccc1OCC#N. The summed E-state index contributed by atoms with van der Waals surface area (Å²) in [6.45, 7) is -0.0744. The number of nitrogens with zero attached hydrogens (tertiary/aromatic N) is 1. The smallest absolute Gasteiger partial charge is 0.251 e. The van der Waals surface area contributed by atoms with Crippen molar-refractivity contribution in [2.75, 3.05) is 19.0 Å². The minimum atomic E-state index is -0.302. The van der Waals surface area contributed by atoms with E-state index in [0.29, 0.717) is 28.8 Å². The molecule has 0 aromatic heterocycles. The van der Waals surface area contributed by atoms with Crippen molar-refractivity contribution < 1.29 is 19.1 Å². The van der Waals surface area contributed by atoms with E-state index >= 15 is 0 Å². The van der Waals surface area contributed by atoms with E-state index in [9.17, 15) is 9.59 Å². The van der Waals surface area contributed by atoms with Crippen LogP contribution in [-0.4, -0.2) is 31.6 Å². The van der Waals surface area contributed by atoms with Crippen LogP contribution in [0.15, 0.2) is 48.5 Å². The summed E-state index contributed by atoms with van der Waals surface area (Å²) in [5.74, 6) is 0.537. The molecule has 0 unspecified atom stereocenters. The molecule has 1 aliphatic carbocycles. The molecule has 0 saturated heterocycles. The number of carbonyl (C=O) groups is 2. The Balaban J connectivity index is 1.57. The lowest BCUT2D eigenvalue weighted by Crippen LogP contribution is -2.25. The molecule has 1 aliphatic rings. The number of rotatable bonds is 8. The summed E-state index contributed by atoms with van der Waals surface area (Å²) < 4.78 is 10.5. The van der Waals surface area contributed by atoms with Gasteiger partial charge in [-0.2, -0.15) is 5.26 Å². The van der Waals surface area contributed by atoms with E-state index < -0.39 is 0 Å². The number of amides is 2. The zero-order valence-electron chi connectivity index (χ0n) is 16.0. The number of ether oxygens (including phenoxy) is 2. The molecule has 0 atom stereocenters. The lowest BCUT2D eigenvalue weighted by atomic mass is 10.1. The highest BCUT2D eigenvalue weighted by molar-refractivity contribution is 6.02. The van der Waals surface area contributed by atoms with E-state index in [2.05, 4.69) is 10.6 Å². The number of anilines is 1. The van der Waals surface area contributed by atoms with Crippen molar-refractivity contribution in [3.8, 4) is 17.6 Å². The molecule has 7 heteroatoms. The summed E-state index contributed by atoms with van der Waals surface area (Å²) in [6, 6.07) is 14.1. The number of carbonyl (C=O) groups excluding carboxylic acids is 2. The fourth-order valence-electron chi connectivity index (χ4n) is 2.57. The van der Waals surface area contributed by atoms with Gasteiger partial charge in [-0.05, 0) is 60.9 Å². The van der Waals surface area contributed by atoms with Gasteiger partial charge in [-0.25, -0.2) is 0 Å². The molecule has 7 nitrogen and oxygen atoms in total. The van der Waals surface area contributed by atoms with Gasteiger partial charge in [0.15, 0.2) is 18.1 Å². The lowest BCUT2D eigenvalue weighted by Gasteiger charge is -2.09. The molecule has 2 N–H and O–H groups in total. The molecule has 2 aromatic rings. The van der Waals surface area contributed by atoms with Crippen molar-refractivity contribution in [3.63, 3.8) is 0 Å². The Hall–Kier alpha value is -3.79. The van der Waals surface area contributed by atoms with Crippen molar-refractivity contribution in [1.82, 2.24) is 5.32 Å². The van der Waals surface area contributed by atoms with Crippen LogP contribution in [0.3, 0.4) is 0 Å². The first kappa shape index (κ1) is 20.0. The van der Waals surface area contributed by atoms with Crippen LogP contribution in [0.5, 0.6) is 11.5 Å². The van der Waals surface area contributed by atoms with Crippen LogP contribution < -0.4 is 20.1 Å². The minimum Gasteiger partial charge on any atom is -0.493 e. The number of nitrogens with one attached hydrogen (secondary N) is 2. The molecule has 0 heterocycles. The highest BCUT2D eigenvalue weighted by Gasteiger charge is 2.23. The summed E-state index contributed by atoms with van der Waals surface area (Å²) in [7, 11) is 1.50. The van der Waals surface area contributed by atoms with Crippen molar-refractivity contribution in [3.05, 3.63) is 59.7 Å². The quantitative estimate of drug-likeness (QED) is 0.674. The average Bonchev–Trinajstić information content (AvgIpc) is 3.55. The zero-order chi connectivity index (χ0) is 20.6. The maximum atomic E-state index is 12.2. The highest BCUT2D eigenvalue weighted by atomic mass is 16.5. The van der Waals surface area contributed by atoms with Crippen LogP contribution in [0.4, 0.5) is 5.69 Å². The first-order valence-electron chi connectivity index (χ1n) is 9.17. The topological polar surface area (TPSA) is 100 Å². The monoisotopic (exact) mass is 391 g/mol. The second-order valence-corrected chi connectivity index (χ2v) is 6.50. The molecule has 29 heavy (non-hydrogen) atoms. The predicted octanol–water partition coefficient (Wildman–Crippen LogP) is 3.14. The van der Waals surface area contributed by atoms with E-state index in [0.717, 1.165) is 18.4 Å².